The first-order valence-electron chi connectivity index (χ1n) is 9.26. The molecule has 0 bridgehead atoms. The van der Waals surface area contributed by atoms with Crippen LogP contribution in [-0.2, 0) is 26.7 Å². The van der Waals surface area contributed by atoms with Crippen LogP contribution in [0, 0.1) is 5.82 Å². The molecule has 3 N–H and O–H groups in total. The Morgan fingerprint density at radius 3 is 2.70 bits per heavy atom. The number of amides is 1. The molecule has 0 saturated heterocycles. The zero-order chi connectivity index (χ0) is 21.7. The number of nitrogens with one attached hydrogen (secondary N) is 1. The van der Waals surface area contributed by atoms with Gasteiger partial charge in [0.25, 0.3) is 5.91 Å². The van der Waals surface area contributed by atoms with E-state index in [-0.39, 0.29) is 23.9 Å². The fourth-order valence-electron chi connectivity index (χ4n) is 3.59. The first-order valence-corrected chi connectivity index (χ1v) is 10.9. The molecule has 2 aliphatic heterocycles. The van der Waals surface area contributed by atoms with Crippen molar-refractivity contribution in [1.29, 1.82) is 0 Å². The summed E-state index contributed by atoms with van der Waals surface area (Å²) in [5.74, 6) is -1.29. The van der Waals surface area contributed by atoms with Crippen LogP contribution in [0.2, 0.25) is 0 Å². The predicted molar refractivity (Wildman–Crippen MR) is 109 cm³/mol. The van der Waals surface area contributed by atoms with E-state index in [0.29, 0.717) is 17.9 Å². The van der Waals surface area contributed by atoms with Gasteiger partial charge < -0.3 is 15.8 Å². The summed E-state index contributed by atoms with van der Waals surface area (Å²) in [6.45, 7) is 3.42. The van der Waals surface area contributed by atoms with E-state index in [1.54, 1.807) is 18.2 Å². The largest absolute Gasteiger partial charge is 0.386 e. The van der Waals surface area contributed by atoms with Crippen molar-refractivity contribution in [2.75, 3.05) is 17.7 Å². The van der Waals surface area contributed by atoms with E-state index in [2.05, 4.69) is 15.3 Å². The number of hydrogen-bond donors (Lipinski definition) is 2. The van der Waals surface area contributed by atoms with Crippen molar-refractivity contribution in [3.63, 3.8) is 0 Å². The lowest BCUT2D eigenvalue weighted by atomic mass is 9.86. The van der Waals surface area contributed by atoms with Gasteiger partial charge in [-0.2, -0.15) is 0 Å². The van der Waals surface area contributed by atoms with Crippen molar-refractivity contribution in [1.82, 2.24) is 4.98 Å². The Morgan fingerprint density at radius 2 is 2.03 bits per heavy atom. The third-order valence-corrected chi connectivity index (χ3v) is 8.21. The van der Waals surface area contributed by atoms with Crippen LogP contribution in [0.25, 0.3) is 0 Å². The number of halogens is 1. The van der Waals surface area contributed by atoms with Crippen LogP contribution in [0.4, 0.5) is 10.1 Å². The fraction of sp³-hybridized carbons (Fsp3) is 0.350. The van der Waals surface area contributed by atoms with Gasteiger partial charge in [-0.15, -0.1) is 0 Å². The predicted octanol–water partition coefficient (Wildman–Crippen LogP) is 1.76. The van der Waals surface area contributed by atoms with Gasteiger partial charge in [0.2, 0.25) is 0 Å². The lowest BCUT2D eigenvalue weighted by Crippen LogP contribution is -2.57. The van der Waals surface area contributed by atoms with Gasteiger partial charge in [0.15, 0.2) is 9.84 Å². The highest BCUT2D eigenvalue weighted by atomic mass is 32.2. The molecule has 1 spiro atoms. The van der Waals surface area contributed by atoms with Gasteiger partial charge in [-0.05, 0) is 49.2 Å². The number of nitrogens with zero attached hydrogens (tertiary/aromatic N) is 2. The molecule has 1 amide bonds. The summed E-state index contributed by atoms with van der Waals surface area (Å²) in [6.07, 6.45) is 0.959. The molecule has 2 aliphatic rings. The number of ether oxygens (including phenoxy) is 1. The standard InChI is InChI=1S/C20H21FN4O4S/c1-19(2)18(22)25-20(11-30(19,27)28)10-29-9-12-3-5-14(7-15(12)20)24-17(26)16-6-4-13(21)8-23-16/h3-8H,9-11H2,1-2H3,(H2,22,25)(H,24,26). The Bertz CT molecular complexity index is 1160. The number of benzene rings is 1. The molecule has 1 aromatic heterocycles. The number of amidine groups is 1. The van der Waals surface area contributed by atoms with Crippen molar-refractivity contribution in [3.8, 4) is 0 Å². The Morgan fingerprint density at radius 1 is 1.27 bits per heavy atom. The summed E-state index contributed by atoms with van der Waals surface area (Å²) in [4.78, 5) is 20.8. The Kier molecular flexibility index (Phi) is 4.66. The number of pyridine rings is 1. The molecule has 8 nitrogen and oxygen atoms in total. The second-order valence-electron chi connectivity index (χ2n) is 7.98. The van der Waals surface area contributed by atoms with Crippen LogP contribution in [0.1, 0.15) is 35.5 Å². The number of hydrogen-bond acceptors (Lipinski definition) is 7. The molecule has 30 heavy (non-hydrogen) atoms. The third kappa shape index (κ3) is 3.25. The zero-order valence-corrected chi connectivity index (χ0v) is 17.3. The first kappa shape index (κ1) is 20.4. The maximum Gasteiger partial charge on any atom is 0.274 e. The molecule has 0 radical (unpaired) electrons. The smallest absolute Gasteiger partial charge is 0.274 e. The van der Waals surface area contributed by atoms with E-state index in [1.807, 2.05) is 0 Å². The summed E-state index contributed by atoms with van der Waals surface area (Å²) in [7, 11) is -3.61. The van der Waals surface area contributed by atoms with Crippen molar-refractivity contribution in [3.05, 3.63) is 59.2 Å². The zero-order valence-electron chi connectivity index (χ0n) is 16.5. The first-order chi connectivity index (χ1) is 14.0. The lowest BCUT2D eigenvalue weighted by Gasteiger charge is -2.42. The maximum absolute atomic E-state index is 13.0. The van der Waals surface area contributed by atoms with E-state index in [0.717, 1.165) is 17.8 Å². The number of rotatable bonds is 2. The van der Waals surface area contributed by atoms with Crippen LogP contribution in [0.3, 0.4) is 0 Å². The monoisotopic (exact) mass is 432 g/mol. The lowest BCUT2D eigenvalue weighted by molar-refractivity contribution is 0.0610. The molecule has 4 rings (SSSR count). The number of sulfone groups is 1. The fourth-order valence-corrected chi connectivity index (χ4v) is 5.25. The van der Waals surface area contributed by atoms with Crippen molar-refractivity contribution in [2.45, 2.75) is 30.7 Å². The number of aromatic nitrogens is 1. The highest BCUT2D eigenvalue weighted by molar-refractivity contribution is 7.93. The summed E-state index contributed by atoms with van der Waals surface area (Å²) < 4.78 is 43.3. The number of nitrogens with two attached hydrogens (primary N) is 1. The maximum atomic E-state index is 13.0. The molecule has 2 aromatic rings. The van der Waals surface area contributed by atoms with Gasteiger partial charge in [-0.3, -0.25) is 9.79 Å². The van der Waals surface area contributed by atoms with Gasteiger partial charge in [0, 0.05) is 5.69 Å². The van der Waals surface area contributed by atoms with Crippen molar-refractivity contribution >= 4 is 27.3 Å². The minimum atomic E-state index is -3.61. The van der Waals surface area contributed by atoms with E-state index in [1.165, 1.54) is 19.9 Å². The topological polar surface area (TPSA) is 124 Å². The minimum Gasteiger partial charge on any atom is -0.386 e. The number of carbonyl (C=O) groups excluding carboxylic acids is 1. The molecule has 0 fully saturated rings. The van der Waals surface area contributed by atoms with Crippen molar-refractivity contribution in [2.24, 2.45) is 10.7 Å². The van der Waals surface area contributed by atoms with Crippen LogP contribution in [-0.4, -0.2) is 42.3 Å². The molecular formula is C20H21FN4O4S. The summed E-state index contributed by atoms with van der Waals surface area (Å²) >= 11 is 0. The number of aliphatic imine (C=N–C) groups is 1. The summed E-state index contributed by atoms with van der Waals surface area (Å²) in [6, 6.07) is 7.54. The molecule has 10 heteroatoms. The van der Waals surface area contributed by atoms with Crippen LogP contribution in [0.5, 0.6) is 0 Å². The molecule has 0 aliphatic carbocycles. The molecular weight excluding hydrogens is 411 g/mol. The second kappa shape index (κ2) is 6.85. The number of anilines is 1. The van der Waals surface area contributed by atoms with Crippen LogP contribution < -0.4 is 11.1 Å². The second-order valence-corrected chi connectivity index (χ2v) is 10.5. The molecule has 158 valence electrons. The van der Waals surface area contributed by atoms with E-state index in [4.69, 9.17) is 10.5 Å². The normalized spacial score (nSPS) is 24.0. The van der Waals surface area contributed by atoms with Gasteiger partial charge in [-0.25, -0.2) is 17.8 Å². The van der Waals surface area contributed by atoms with Gasteiger partial charge >= 0.3 is 0 Å². The van der Waals surface area contributed by atoms with E-state index >= 15 is 0 Å². The minimum absolute atomic E-state index is 0.0233. The van der Waals surface area contributed by atoms with Gasteiger partial charge in [0.1, 0.15) is 27.6 Å². The molecule has 3 heterocycles. The highest BCUT2D eigenvalue weighted by Gasteiger charge is 2.52. The Labute approximate surface area is 173 Å². The van der Waals surface area contributed by atoms with E-state index in [9.17, 15) is 17.6 Å². The van der Waals surface area contributed by atoms with Crippen LogP contribution >= 0.6 is 0 Å². The SMILES string of the molecule is CC1(C)C(N)=NC2(COCc3ccc(NC(=O)c4ccc(F)cn4)cc32)CS1(=O)=O. The number of fused-ring (bicyclic) bond motifs is 2. The summed E-state index contributed by atoms with van der Waals surface area (Å²) in [5, 5.41) is 2.70. The number of carbonyl (C=O) groups is 1. The van der Waals surface area contributed by atoms with E-state index < -0.39 is 31.8 Å². The Balaban J connectivity index is 1.73. The molecule has 1 atom stereocenters. The highest BCUT2D eigenvalue weighted by Crippen LogP contribution is 2.42. The molecule has 1 aromatic carbocycles. The quantitative estimate of drug-likeness (QED) is 0.745. The van der Waals surface area contributed by atoms with Gasteiger partial charge in [-0.1, -0.05) is 6.07 Å². The van der Waals surface area contributed by atoms with Crippen molar-refractivity contribution < 1.29 is 22.3 Å². The molecule has 0 saturated carbocycles. The average Bonchev–Trinajstić information content (AvgIpc) is 2.67. The van der Waals surface area contributed by atoms with Crippen LogP contribution in [0.15, 0.2) is 41.5 Å². The van der Waals surface area contributed by atoms with Gasteiger partial charge in [0.05, 0.1) is 25.2 Å². The Hall–Kier alpha value is -2.85. The average molecular weight is 432 g/mol. The molecule has 1 unspecified atom stereocenters. The third-order valence-electron chi connectivity index (χ3n) is 5.59. The summed E-state index contributed by atoms with van der Waals surface area (Å²) in [5.41, 5.74) is 6.78.